The molecule has 0 saturated heterocycles. The number of halogens is 1. The fourth-order valence-corrected chi connectivity index (χ4v) is 1.81. The fourth-order valence-electron chi connectivity index (χ4n) is 1.81. The van der Waals surface area contributed by atoms with Gasteiger partial charge in [0.1, 0.15) is 18.2 Å². The number of carboxylic acids is 1. The standard InChI is InChI=1S/C13H18FNO4/c1-18-11-6-9(10(15)3-4-13(16)17)12(19-2)5-8(11)7-14/h5-6,10H,3-4,7,15H2,1-2H3,(H,16,17). The van der Waals surface area contributed by atoms with E-state index in [2.05, 4.69) is 0 Å². The molecule has 3 N–H and O–H groups in total. The topological polar surface area (TPSA) is 81.8 Å². The highest BCUT2D eigenvalue weighted by Crippen LogP contribution is 2.34. The lowest BCUT2D eigenvalue weighted by molar-refractivity contribution is -0.137. The van der Waals surface area contributed by atoms with Gasteiger partial charge in [-0.25, -0.2) is 4.39 Å². The largest absolute Gasteiger partial charge is 0.496 e. The van der Waals surface area contributed by atoms with Gasteiger partial charge in [0.25, 0.3) is 0 Å². The molecule has 0 aliphatic carbocycles. The minimum absolute atomic E-state index is 0.0441. The molecular weight excluding hydrogens is 253 g/mol. The molecule has 1 atom stereocenters. The molecule has 1 aromatic carbocycles. The van der Waals surface area contributed by atoms with Crippen molar-refractivity contribution in [1.82, 2.24) is 0 Å². The monoisotopic (exact) mass is 271 g/mol. The normalized spacial score (nSPS) is 12.0. The van der Waals surface area contributed by atoms with Crippen LogP contribution >= 0.6 is 0 Å². The van der Waals surface area contributed by atoms with Gasteiger partial charge in [-0.3, -0.25) is 4.79 Å². The second-order valence-electron chi connectivity index (χ2n) is 4.08. The van der Waals surface area contributed by atoms with E-state index in [1.165, 1.54) is 20.3 Å². The van der Waals surface area contributed by atoms with Gasteiger partial charge in [-0.1, -0.05) is 0 Å². The number of alkyl halides is 1. The maximum Gasteiger partial charge on any atom is 0.303 e. The van der Waals surface area contributed by atoms with E-state index >= 15 is 0 Å². The Morgan fingerprint density at radius 2 is 2.00 bits per heavy atom. The average molecular weight is 271 g/mol. The fraction of sp³-hybridized carbons (Fsp3) is 0.462. The molecule has 6 heteroatoms. The molecule has 1 rings (SSSR count). The van der Waals surface area contributed by atoms with Crippen LogP contribution in [0.2, 0.25) is 0 Å². The van der Waals surface area contributed by atoms with Gasteiger partial charge in [-0.05, 0) is 18.6 Å². The summed E-state index contributed by atoms with van der Waals surface area (Å²) in [5, 5.41) is 8.66. The maximum atomic E-state index is 12.8. The van der Waals surface area contributed by atoms with Crippen molar-refractivity contribution in [3.05, 3.63) is 23.3 Å². The third kappa shape index (κ3) is 3.82. The summed E-state index contributed by atoms with van der Waals surface area (Å²) >= 11 is 0. The first-order valence-electron chi connectivity index (χ1n) is 5.81. The summed E-state index contributed by atoms with van der Waals surface area (Å²) in [6.07, 6.45) is 0.224. The second-order valence-corrected chi connectivity index (χ2v) is 4.08. The van der Waals surface area contributed by atoms with Crippen LogP contribution in [0.15, 0.2) is 12.1 Å². The van der Waals surface area contributed by atoms with Crippen LogP contribution in [-0.2, 0) is 11.5 Å². The number of aliphatic carboxylic acids is 1. The van der Waals surface area contributed by atoms with Gasteiger partial charge in [0.15, 0.2) is 0 Å². The van der Waals surface area contributed by atoms with Gasteiger partial charge < -0.3 is 20.3 Å². The van der Waals surface area contributed by atoms with Crippen LogP contribution < -0.4 is 15.2 Å². The van der Waals surface area contributed by atoms with E-state index in [4.69, 9.17) is 20.3 Å². The Morgan fingerprint density at radius 3 is 2.47 bits per heavy atom. The molecule has 0 aliphatic heterocycles. The molecule has 0 saturated carbocycles. The quantitative estimate of drug-likeness (QED) is 0.793. The highest BCUT2D eigenvalue weighted by atomic mass is 19.1. The Kier molecular flexibility index (Phi) is 5.57. The Hall–Kier alpha value is -1.82. The molecule has 0 amide bonds. The number of methoxy groups -OCH3 is 2. The summed E-state index contributed by atoms with van der Waals surface area (Å²) in [6.45, 7) is -0.676. The predicted molar refractivity (Wildman–Crippen MR) is 68.2 cm³/mol. The Labute approximate surface area is 111 Å². The minimum atomic E-state index is -0.915. The number of benzene rings is 1. The number of ether oxygens (including phenoxy) is 2. The van der Waals surface area contributed by atoms with Crippen molar-refractivity contribution < 1.29 is 23.8 Å². The first kappa shape index (κ1) is 15.2. The molecule has 1 aromatic rings. The lowest BCUT2D eigenvalue weighted by Gasteiger charge is -2.18. The number of nitrogens with two attached hydrogens (primary N) is 1. The zero-order valence-electron chi connectivity index (χ0n) is 11.0. The maximum absolute atomic E-state index is 12.8. The van der Waals surface area contributed by atoms with E-state index in [1.54, 1.807) is 6.07 Å². The number of hydrogen-bond donors (Lipinski definition) is 2. The third-order valence-corrected chi connectivity index (χ3v) is 2.85. The lowest BCUT2D eigenvalue weighted by atomic mass is 9.99. The Morgan fingerprint density at radius 1 is 1.37 bits per heavy atom. The summed E-state index contributed by atoms with van der Waals surface area (Å²) in [5.74, 6) is -0.0998. The Balaban J connectivity index is 3.06. The van der Waals surface area contributed by atoms with Crippen molar-refractivity contribution in [3.8, 4) is 11.5 Å². The number of rotatable bonds is 7. The molecule has 19 heavy (non-hydrogen) atoms. The summed E-state index contributed by atoms with van der Waals surface area (Å²) < 4.78 is 23.1. The smallest absolute Gasteiger partial charge is 0.303 e. The number of carbonyl (C=O) groups is 1. The highest BCUT2D eigenvalue weighted by molar-refractivity contribution is 5.66. The molecule has 0 heterocycles. The second kappa shape index (κ2) is 6.94. The predicted octanol–water partition coefficient (Wildman–Crippen LogP) is 2.04. The van der Waals surface area contributed by atoms with E-state index in [9.17, 15) is 9.18 Å². The lowest BCUT2D eigenvalue weighted by Crippen LogP contribution is -2.14. The number of carboxylic acid groups (broad SMARTS) is 1. The molecule has 0 spiro atoms. The van der Waals surface area contributed by atoms with Crippen molar-refractivity contribution in [2.24, 2.45) is 5.73 Å². The van der Waals surface area contributed by atoms with Crippen LogP contribution in [-0.4, -0.2) is 25.3 Å². The van der Waals surface area contributed by atoms with Gasteiger partial charge in [0.05, 0.1) is 14.2 Å². The molecule has 106 valence electrons. The summed E-state index contributed by atoms with van der Waals surface area (Å²) in [6, 6.07) is 2.61. The van der Waals surface area contributed by atoms with Gasteiger partial charge >= 0.3 is 5.97 Å². The van der Waals surface area contributed by atoms with Crippen LogP contribution in [0.5, 0.6) is 11.5 Å². The SMILES string of the molecule is COc1cc(C(N)CCC(=O)O)c(OC)cc1CF. The van der Waals surface area contributed by atoms with Crippen molar-refractivity contribution in [2.45, 2.75) is 25.6 Å². The van der Waals surface area contributed by atoms with E-state index in [0.29, 0.717) is 22.6 Å². The van der Waals surface area contributed by atoms with Crippen molar-refractivity contribution in [1.29, 1.82) is 0 Å². The molecule has 0 radical (unpaired) electrons. The third-order valence-electron chi connectivity index (χ3n) is 2.85. The van der Waals surface area contributed by atoms with Gasteiger partial charge in [0, 0.05) is 23.6 Å². The molecule has 0 aromatic heterocycles. The molecule has 0 fully saturated rings. The van der Waals surface area contributed by atoms with E-state index in [0.717, 1.165) is 0 Å². The van der Waals surface area contributed by atoms with Gasteiger partial charge in [-0.2, -0.15) is 0 Å². The van der Waals surface area contributed by atoms with E-state index in [1.807, 2.05) is 0 Å². The van der Waals surface area contributed by atoms with E-state index < -0.39 is 18.7 Å². The van der Waals surface area contributed by atoms with Gasteiger partial charge in [-0.15, -0.1) is 0 Å². The molecule has 0 aliphatic rings. The van der Waals surface area contributed by atoms with Crippen LogP contribution in [0.25, 0.3) is 0 Å². The van der Waals surface area contributed by atoms with Crippen LogP contribution in [0.4, 0.5) is 4.39 Å². The van der Waals surface area contributed by atoms with Crippen molar-refractivity contribution >= 4 is 5.97 Å². The van der Waals surface area contributed by atoms with Crippen LogP contribution in [0, 0.1) is 0 Å². The first-order chi connectivity index (χ1) is 9.03. The number of hydrogen-bond acceptors (Lipinski definition) is 4. The Bertz CT molecular complexity index is 451. The zero-order chi connectivity index (χ0) is 14.4. The molecule has 5 nitrogen and oxygen atoms in total. The molecule has 0 bridgehead atoms. The first-order valence-corrected chi connectivity index (χ1v) is 5.81. The molecule has 1 unspecified atom stereocenters. The molecular formula is C13H18FNO4. The van der Waals surface area contributed by atoms with Crippen molar-refractivity contribution in [3.63, 3.8) is 0 Å². The van der Waals surface area contributed by atoms with E-state index in [-0.39, 0.29) is 12.8 Å². The highest BCUT2D eigenvalue weighted by Gasteiger charge is 2.17. The van der Waals surface area contributed by atoms with Crippen LogP contribution in [0.3, 0.4) is 0 Å². The zero-order valence-corrected chi connectivity index (χ0v) is 11.0. The average Bonchev–Trinajstić information content (AvgIpc) is 2.42. The summed E-state index contributed by atoms with van der Waals surface area (Å²) in [7, 11) is 2.89. The van der Waals surface area contributed by atoms with Crippen molar-refractivity contribution in [2.75, 3.05) is 14.2 Å². The van der Waals surface area contributed by atoms with Crippen LogP contribution in [0.1, 0.15) is 30.0 Å². The minimum Gasteiger partial charge on any atom is -0.496 e. The van der Waals surface area contributed by atoms with Gasteiger partial charge in [0.2, 0.25) is 0 Å². The summed E-state index contributed by atoms with van der Waals surface area (Å²) in [5.41, 5.74) is 6.92. The summed E-state index contributed by atoms with van der Waals surface area (Å²) in [4.78, 5) is 10.6.